The Kier molecular flexibility index (Phi) is 5.63. The highest BCUT2D eigenvalue weighted by Crippen LogP contribution is 2.29. The van der Waals surface area contributed by atoms with Crippen molar-refractivity contribution in [3.05, 3.63) is 64.9 Å². The number of nitrogens with zero attached hydrogens (tertiary/aromatic N) is 1. The molecule has 0 N–H and O–H groups in total. The molecular weight excluding hydrogens is 377 g/mol. The number of hydrogen-bond donors (Lipinski definition) is 0. The maximum absolute atomic E-state index is 13.0. The highest BCUT2D eigenvalue weighted by Gasteiger charge is 2.33. The maximum Gasteiger partial charge on any atom is 0.224 e. The molecule has 4 nitrogen and oxygen atoms in total. The Morgan fingerprint density at radius 1 is 1.08 bits per heavy atom. The predicted octanol–water partition coefficient (Wildman–Crippen LogP) is 3.83. The fourth-order valence-electron chi connectivity index (χ4n) is 2.72. The third-order valence-corrected chi connectivity index (χ3v) is 6.32. The van der Waals surface area contributed by atoms with Gasteiger partial charge in [-0.1, -0.05) is 23.7 Å². The summed E-state index contributed by atoms with van der Waals surface area (Å²) in [6, 6.07) is 12.1. The number of benzene rings is 2. The molecule has 0 heterocycles. The SMILES string of the molecule is O=C(CCS(=O)(=O)c1ccc(Cl)cc1)N(Cc1ccc(F)cc1)C1CC1. The van der Waals surface area contributed by atoms with Gasteiger partial charge in [0.15, 0.2) is 9.84 Å². The predicted molar refractivity (Wildman–Crippen MR) is 98.1 cm³/mol. The maximum atomic E-state index is 13.0. The molecule has 1 amide bonds. The zero-order valence-electron chi connectivity index (χ0n) is 14.1. The Morgan fingerprint density at radius 2 is 1.69 bits per heavy atom. The van der Waals surface area contributed by atoms with Gasteiger partial charge < -0.3 is 4.90 Å². The summed E-state index contributed by atoms with van der Waals surface area (Å²) >= 11 is 5.78. The van der Waals surface area contributed by atoms with E-state index in [9.17, 15) is 17.6 Å². The Hall–Kier alpha value is -1.92. The molecule has 138 valence electrons. The molecule has 7 heteroatoms. The molecule has 2 aromatic rings. The van der Waals surface area contributed by atoms with Crippen LogP contribution in [0, 0.1) is 5.82 Å². The Bertz CT molecular complexity index is 878. The van der Waals surface area contributed by atoms with Gasteiger partial charge in [0.05, 0.1) is 10.6 Å². The molecule has 26 heavy (non-hydrogen) atoms. The lowest BCUT2D eigenvalue weighted by Crippen LogP contribution is -2.33. The van der Waals surface area contributed by atoms with Gasteiger partial charge in [-0.3, -0.25) is 4.79 Å². The van der Waals surface area contributed by atoms with E-state index in [4.69, 9.17) is 11.6 Å². The third kappa shape index (κ3) is 4.83. The summed E-state index contributed by atoms with van der Waals surface area (Å²) in [5.74, 6) is -0.776. The fourth-order valence-corrected chi connectivity index (χ4v) is 4.07. The van der Waals surface area contributed by atoms with Gasteiger partial charge >= 0.3 is 0 Å². The molecule has 1 saturated carbocycles. The number of rotatable bonds is 7. The van der Waals surface area contributed by atoms with Crippen molar-refractivity contribution < 1.29 is 17.6 Å². The highest BCUT2D eigenvalue weighted by molar-refractivity contribution is 7.91. The molecule has 0 aliphatic heterocycles. The molecule has 0 radical (unpaired) electrons. The topological polar surface area (TPSA) is 54.5 Å². The van der Waals surface area contributed by atoms with E-state index in [0.29, 0.717) is 11.6 Å². The molecule has 0 atom stereocenters. The summed E-state index contributed by atoms with van der Waals surface area (Å²) in [5.41, 5.74) is 0.826. The second kappa shape index (κ2) is 7.76. The summed E-state index contributed by atoms with van der Waals surface area (Å²) in [7, 11) is -3.55. The molecule has 0 spiro atoms. The van der Waals surface area contributed by atoms with Crippen LogP contribution in [0.5, 0.6) is 0 Å². The van der Waals surface area contributed by atoms with Crippen LogP contribution in [0.3, 0.4) is 0 Å². The lowest BCUT2D eigenvalue weighted by atomic mass is 10.2. The number of halogens is 2. The minimum Gasteiger partial charge on any atom is -0.335 e. The number of amides is 1. The molecule has 3 rings (SSSR count). The lowest BCUT2D eigenvalue weighted by Gasteiger charge is -2.22. The van der Waals surface area contributed by atoms with Crippen molar-refractivity contribution in [2.24, 2.45) is 0 Å². The smallest absolute Gasteiger partial charge is 0.224 e. The summed E-state index contributed by atoms with van der Waals surface area (Å²) in [6.45, 7) is 0.366. The third-order valence-electron chi connectivity index (χ3n) is 4.33. The molecule has 1 fully saturated rings. The first-order valence-corrected chi connectivity index (χ1v) is 10.4. The van der Waals surface area contributed by atoms with E-state index in [2.05, 4.69) is 0 Å². The van der Waals surface area contributed by atoms with Crippen LogP contribution >= 0.6 is 11.6 Å². The van der Waals surface area contributed by atoms with Crippen molar-refractivity contribution in [3.63, 3.8) is 0 Å². The monoisotopic (exact) mass is 395 g/mol. The van der Waals surface area contributed by atoms with Crippen molar-refractivity contribution in [1.29, 1.82) is 0 Å². The number of carbonyl (C=O) groups excluding carboxylic acids is 1. The summed E-state index contributed by atoms with van der Waals surface area (Å²) < 4.78 is 37.8. The molecule has 0 aromatic heterocycles. The van der Waals surface area contributed by atoms with Crippen molar-refractivity contribution in [2.45, 2.75) is 36.7 Å². The van der Waals surface area contributed by atoms with Gasteiger partial charge in [-0.25, -0.2) is 12.8 Å². The number of carbonyl (C=O) groups is 1. The van der Waals surface area contributed by atoms with Crippen LogP contribution < -0.4 is 0 Å². The van der Waals surface area contributed by atoms with Crippen molar-refractivity contribution in [2.75, 3.05) is 5.75 Å². The Labute approximate surface area is 157 Å². The zero-order valence-corrected chi connectivity index (χ0v) is 15.6. The Balaban J connectivity index is 1.64. The molecule has 0 bridgehead atoms. The average molecular weight is 396 g/mol. The second-order valence-electron chi connectivity index (χ2n) is 6.40. The minimum absolute atomic E-state index is 0.0807. The van der Waals surface area contributed by atoms with Crippen LogP contribution in [-0.4, -0.2) is 31.0 Å². The molecular formula is C19H19ClFNO3S. The fraction of sp³-hybridized carbons (Fsp3) is 0.316. The summed E-state index contributed by atoms with van der Waals surface area (Å²) in [5, 5.41) is 0.458. The van der Waals surface area contributed by atoms with E-state index >= 15 is 0 Å². The first-order valence-electron chi connectivity index (χ1n) is 8.37. The largest absolute Gasteiger partial charge is 0.335 e. The van der Waals surface area contributed by atoms with Gasteiger partial charge in [0.1, 0.15) is 5.82 Å². The molecule has 0 unspecified atom stereocenters. The van der Waals surface area contributed by atoms with Crippen LogP contribution in [0.25, 0.3) is 0 Å². The first-order chi connectivity index (χ1) is 12.3. The molecule has 1 aliphatic rings. The van der Waals surface area contributed by atoms with Gasteiger partial charge in [0, 0.05) is 24.0 Å². The number of sulfone groups is 1. The van der Waals surface area contributed by atoms with Gasteiger partial charge in [-0.2, -0.15) is 0 Å². The average Bonchev–Trinajstić information content (AvgIpc) is 3.44. The van der Waals surface area contributed by atoms with Crippen LogP contribution in [0.1, 0.15) is 24.8 Å². The normalized spacial score (nSPS) is 14.2. The lowest BCUT2D eigenvalue weighted by molar-refractivity contribution is -0.132. The van der Waals surface area contributed by atoms with Gasteiger partial charge in [0.25, 0.3) is 0 Å². The summed E-state index contributed by atoms with van der Waals surface area (Å²) in [6.07, 6.45) is 1.75. The highest BCUT2D eigenvalue weighted by atomic mass is 35.5. The van der Waals surface area contributed by atoms with Gasteiger partial charge in [0.2, 0.25) is 5.91 Å². The first kappa shape index (κ1) is 18.9. The van der Waals surface area contributed by atoms with Crippen LogP contribution in [-0.2, 0) is 21.2 Å². The van der Waals surface area contributed by atoms with E-state index < -0.39 is 9.84 Å². The molecule has 0 saturated heterocycles. The van der Waals surface area contributed by atoms with Crippen molar-refractivity contribution in [1.82, 2.24) is 4.90 Å². The van der Waals surface area contributed by atoms with E-state index in [0.717, 1.165) is 18.4 Å². The van der Waals surface area contributed by atoms with Gasteiger partial charge in [-0.15, -0.1) is 0 Å². The van der Waals surface area contributed by atoms with Crippen LogP contribution in [0.15, 0.2) is 53.4 Å². The second-order valence-corrected chi connectivity index (χ2v) is 8.95. The quantitative estimate of drug-likeness (QED) is 0.715. The van der Waals surface area contributed by atoms with Crippen LogP contribution in [0.2, 0.25) is 5.02 Å². The van der Waals surface area contributed by atoms with Crippen LogP contribution in [0.4, 0.5) is 4.39 Å². The zero-order chi connectivity index (χ0) is 18.7. The van der Waals surface area contributed by atoms with E-state index in [1.54, 1.807) is 17.0 Å². The van der Waals surface area contributed by atoms with E-state index in [-0.39, 0.29) is 34.8 Å². The standard InChI is InChI=1S/C19H19ClFNO3S/c20-15-3-9-18(10-4-15)26(24,25)12-11-19(23)22(17-7-8-17)13-14-1-5-16(21)6-2-14/h1-6,9-10,17H,7-8,11-13H2. The summed E-state index contributed by atoms with van der Waals surface area (Å²) in [4.78, 5) is 14.5. The molecule has 2 aromatic carbocycles. The van der Waals surface area contributed by atoms with E-state index in [1.165, 1.54) is 36.4 Å². The van der Waals surface area contributed by atoms with Crippen molar-refractivity contribution in [3.8, 4) is 0 Å². The minimum atomic E-state index is -3.55. The van der Waals surface area contributed by atoms with Crippen molar-refractivity contribution >= 4 is 27.3 Å². The number of hydrogen-bond acceptors (Lipinski definition) is 3. The Morgan fingerprint density at radius 3 is 2.27 bits per heavy atom. The van der Waals surface area contributed by atoms with Gasteiger partial charge in [-0.05, 0) is 54.8 Å². The molecule has 1 aliphatic carbocycles. The van der Waals surface area contributed by atoms with E-state index in [1.807, 2.05) is 0 Å².